The first kappa shape index (κ1) is 17.3. The molecule has 23 heavy (non-hydrogen) atoms. The smallest absolute Gasteiger partial charge is 0.402 e. The summed E-state index contributed by atoms with van der Waals surface area (Å²) in [5.41, 5.74) is 1.87. The number of hydrogen-bond donors (Lipinski definition) is 2. The lowest BCUT2D eigenvalue weighted by molar-refractivity contribution is 0.281. The van der Waals surface area contributed by atoms with E-state index in [1.807, 2.05) is 13.8 Å². The highest BCUT2D eigenvalue weighted by atomic mass is 31.2. The molecule has 0 fully saturated rings. The van der Waals surface area contributed by atoms with Gasteiger partial charge in [0.2, 0.25) is 0 Å². The second-order valence-corrected chi connectivity index (χ2v) is 6.44. The van der Waals surface area contributed by atoms with Gasteiger partial charge in [0.15, 0.2) is 5.75 Å². The van der Waals surface area contributed by atoms with Gasteiger partial charge in [0.05, 0.1) is 5.69 Å². The third-order valence-electron chi connectivity index (χ3n) is 3.01. The molecule has 0 atom stereocenters. The summed E-state index contributed by atoms with van der Waals surface area (Å²) in [4.78, 5) is 22.2. The van der Waals surface area contributed by atoms with E-state index in [0.29, 0.717) is 11.3 Å². The topological polar surface area (TPSA) is 79.7 Å². The number of phosphoric acid groups is 1. The van der Waals surface area contributed by atoms with Gasteiger partial charge in [0.25, 0.3) is 0 Å². The Balaban J connectivity index is 2.31. The van der Waals surface area contributed by atoms with Crippen molar-refractivity contribution in [3.05, 3.63) is 59.2 Å². The highest BCUT2D eigenvalue weighted by molar-refractivity contribution is 7.46. The van der Waals surface area contributed by atoms with E-state index in [2.05, 4.69) is 4.98 Å². The number of benzene rings is 1. The van der Waals surface area contributed by atoms with Crippen LogP contribution in [-0.4, -0.2) is 14.8 Å². The van der Waals surface area contributed by atoms with Crippen molar-refractivity contribution in [3.63, 3.8) is 0 Å². The summed E-state index contributed by atoms with van der Waals surface area (Å²) in [6.45, 7) is 3.70. The van der Waals surface area contributed by atoms with Gasteiger partial charge in [0.1, 0.15) is 5.82 Å². The summed E-state index contributed by atoms with van der Waals surface area (Å²) < 4.78 is 28.7. The van der Waals surface area contributed by atoms with E-state index >= 15 is 0 Å². The Bertz CT molecular complexity index is 753. The first-order valence-corrected chi connectivity index (χ1v) is 8.46. The zero-order valence-electron chi connectivity index (χ0n) is 12.7. The monoisotopic (exact) mass is 337 g/mol. The molecule has 0 unspecified atom stereocenters. The van der Waals surface area contributed by atoms with Crippen LogP contribution in [0.3, 0.4) is 0 Å². The van der Waals surface area contributed by atoms with Gasteiger partial charge >= 0.3 is 7.82 Å². The van der Waals surface area contributed by atoms with Gasteiger partial charge in [-0.15, -0.1) is 0 Å². The zero-order chi connectivity index (χ0) is 17.0. The Labute approximate surface area is 133 Å². The van der Waals surface area contributed by atoms with Gasteiger partial charge in [-0.2, -0.15) is 0 Å². The summed E-state index contributed by atoms with van der Waals surface area (Å²) in [7, 11) is -4.66. The van der Waals surface area contributed by atoms with Crippen LogP contribution >= 0.6 is 7.82 Å². The van der Waals surface area contributed by atoms with Crippen LogP contribution in [0.5, 0.6) is 5.75 Å². The summed E-state index contributed by atoms with van der Waals surface area (Å²) in [6.07, 6.45) is 5.03. The van der Waals surface area contributed by atoms with Gasteiger partial charge in [-0.1, -0.05) is 38.1 Å². The van der Waals surface area contributed by atoms with E-state index in [4.69, 9.17) is 14.3 Å². The molecule has 0 aliphatic rings. The second-order valence-electron chi connectivity index (χ2n) is 5.27. The second kappa shape index (κ2) is 7.04. The van der Waals surface area contributed by atoms with Gasteiger partial charge in [-0.05, 0) is 35.2 Å². The maximum Gasteiger partial charge on any atom is 0.524 e. The van der Waals surface area contributed by atoms with E-state index < -0.39 is 7.82 Å². The predicted molar refractivity (Wildman–Crippen MR) is 86.3 cm³/mol. The molecule has 1 aromatic carbocycles. The molecule has 1 aromatic heterocycles. The molecule has 122 valence electrons. The number of hydrogen-bond acceptors (Lipinski definition) is 3. The minimum atomic E-state index is -4.66. The van der Waals surface area contributed by atoms with Crippen LogP contribution in [-0.2, 0) is 4.57 Å². The van der Waals surface area contributed by atoms with Crippen LogP contribution in [0.2, 0.25) is 0 Å². The largest absolute Gasteiger partial charge is 0.524 e. The van der Waals surface area contributed by atoms with E-state index in [9.17, 15) is 8.96 Å². The minimum absolute atomic E-state index is 0.0494. The fourth-order valence-corrected chi connectivity index (χ4v) is 2.37. The average Bonchev–Trinajstić information content (AvgIpc) is 2.45. The zero-order valence-corrected chi connectivity index (χ0v) is 13.6. The van der Waals surface area contributed by atoms with Crippen molar-refractivity contribution >= 4 is 20.0 Å². The van der Waals surface area contributed by atoms with Crippen molar-refractivity contribution in [3.8, 4) is 5.75 Å². The minimum Gasteiger partial charge on any atom is -0.402 e. The van der Waals surface area contributed by atoms with Crippen LogP contribution in [0.4, 0.5) is 4.39 Å². The molecule has 0 aliphatic heterocycles. The molecule has 2 aromatic rings. The normalized spacial score (nSPS) is 12.1. The van der Waals surface area contributed by atoms with Gasteiger partial charge in [-0.3, -0.25) is 14.8 Å². The number of rotatable bonds is 5. The van der Waals surface area contributed by atoms with E-state index in [1.54, 1.807) is 30.5 Å². The third kappa shape index (κ3) is 5.28. The molecule has 0 saturated heterocycles. The summed E-state index contributed by atoms with van der Waals surface area (Å²) in [6, 6.07) is 7.45. The third-order valence-corrected chi connectivity index (χ3v) is 3.44. The van der Waals surface area contributed by atoms with E-state index in [-0.39, 0.29) is 17.5 Å². The number of aromatic nitrogens is 1. The molecule has 0 aliphatic carbocycles. The maximum absolute atomic E-state index is 12.9. The summed E-state index contributed by atoms with van der Waals surface area (Å²) in [5.74, 6) is -0.316. The Hall–Kier alpha value is -2.01. The lowest BCUT2D eigenvalue weighted by Crippen LogP contribution is -2.00. The number of halogens is 1. The Morgan fingerprint density at radius 2 is 1.78 bits per heavy atom. The molecule has 1 heterocycles. The number of pyridine rings is 1. The van der Waals surface area contributed by atoms with Crippen molar-refractivity contribution in [2.24, 2.45) is 0 Å². The first-order chi connectivity index (χ1) is 10.7. The van der Waals surface area contributed by atoms with Gasteiger partial charge in [-0.25, -0.2) is 8.96 Å². The molecule has 0 amide bonds. The van der Waals surface area contributed by atoms with Crippen LogP contribution in [0.15, 0.2) is 36.5 Å². The van der Waals surface area contributed by atoms with Crippen LogP contribution in [0.25, 0.3) is 12.2 Å². The van der Waals surface area contributed by atoms with Gasteiger partial charge < -0.3 is 4.52 Å². The molecule has 0 bridgehead atoms. The van der Waals surface area contributed by atoms with Crippen LogP contribution in [0, 0.1) is 5.82 Å². The Morgan fingerprint density at radius 3 is 2.35 bits per heavy atom. The lowest BCUT2D eigenvalue weighted by Gasteiger charge is -2.13. The molecule has 0 spiro atoms. The molecular weight excluding hydrogens is 320 g/mol. The summed E-state index contributed by atoms with van der Waals surface area (Å²) in [5, 5.41) is 0. The highest BCUT2D eigenvalue weighted by Gasteiger charge is 2.20. The fourth-order valence-electron chi connectivity index (χ4n) is 1.96. The van der Waals surface area contributed by atoms with Gasteiger partial charge in [0, 0.05) is 6.20 Å². The van der Waals surface area contributed by atoms with Crippen LogP contribution in [0.1, 0.15) is 36.6 Å². The molecule has 2 N–H and O–H groups in total. The number of nitrogens with zero attached hydrogens (tertiary/aromatic N) is 1. The highest BCUT2D eigenvalue weighted by Crippen LogP contribution is 2.40. The SMILES string of the molecule is CC(C)c1ncc(C=Cc2ccc(F)cc2)cc1OP(=O)(O)O. The lowest BCUT2D eigenvalue weighted by atomic mass is 10.1. The number of phosphoric ester groups is 1. The first-order valence-electron chi connectivity index (χ1n) is 6.93. The standard InChI is InChI=1S/C16H17FNO4P/c1-11(2)16-15(22-23(19,20)21)9-13(10-18-16)4-3-12-5-7-14(17)8-6-12/h3-11H,1-2H3,(H2,19,20,21). The van der Waals surface area contributed by atoms with Crippen molar-refractivity contribution in [2.75, 3.05) is 0 Å². The molecule has 5 nitrogen and oxygen atoms in total. The molecule has 2 rings (SSSR count). The van der Waals surface area contributed by atoms with Crippen molar-refractivity contribution in [1.82, 2.24) is 4.98 Å². The average molecular weight is 337 g/mol. The Morgan fingerprint density at radius 1 is 1.17 bits per heavy atom. The fraction of sp³-hybridized carbons (Fsp3) is 0.188. The predicted octanol–water partition coefficient (Wildman–Crippen LogP) is 3.99. The van der Waals surface area contributed by atoms with Crippen molar-refractivity contribution < 1.29 is 23.3 Å². The molecule has 7 heteroatoms. The van der Waals surface area contributed by atoms with E-state index in [1.165, 1.54) is 18.2 Å². The Kier molecular flexibility index (Phi) is 5.31. The van der Waals surface area contributed by atoms with Crippen LogP contribution < -0.4 is 4.52 Å². The van der Waals surface area contributed by atoms with Crippen molar-refractivity contribution in [2.45, 2.75) is 19.8 Å². The quantitative estimate of drug-likeness (QED) is 0.807. The molecule has 0 radical (unpaired) electrons. The van der Waals surface area contributed by atoms with Crippen molar-refractivity contribution in [1.29, 1.82) is 0 Å². The maximum atomic E-state index is 12.9. The molecule has 0 saturated carbocycles. The molecular formula is C16H17FNO4P. The summed E-state index contributed by atoms with van der Waals surface area (Å²) >= 11 is 0. The van der Waals surface area contributed by atoms with E-state index in [0.717, 1.165) is 5.56 Å².